The van der Waals surface area contributed by atoms with Gasteiger partial charge in [0.15, 0.2) is 9.84 Å². The number of benzene rings is 1. The molecule has 17 heavy (non-hydrogen) atoms. The maximum atomic E-state index is 13.1. The van der Waals surface area contributed by atoms with E-state index in [1.54, 1.807) is 12.1 Å². The first kappa shape index (κ1) is 12.4. The lowest BCUT2D eigenvalue weighted by Gasteiger charge is -1.99. The second kappa shape index (κ2) is 4.03. The molecule has 1 aliphatic carbocycles. The summed E-state index contributed by atoms with van der Waals surface area (Å²) in [6, 6.07) is 5.90. The van der Waals surface area contributed by atoms with E-state index >= 15 is 0 Å². The zero-order valence-corrected chi connectivity index (χ0v) is 10.8. The van der Waals surface area contributed by atoms with E-state index in [-0.39, 0.29) is 22.6 Å². The molecule has 1 aromatic rings. The highest BCUT2D eigenvalue weighted by atomic mass is 32.2. The molecule has 2 N–H and O–H groups in total. The fourth-order valence-corrected chi connectivity index (χ4v) is 4.26. The van der Waals surface area contributed by atoms with Crippen molar-refractivity contribution in [1.29, 1.82) is 0 Å². The highest BCUT2D eigenvalue weighted by molar-refractivity contribution is 7.91. The first-order valence-electron chi connectivity index (χ1n) is 5.06. The van der Waals surface area contributed by atoms with Crippen molar-refractivity contribution < 1.29 is 12.8 Å². The topological polar surface area (TPSA) is 60.2 Å². The van der Waals surface area contributed by atoms with Gasteiger partial charge in [-0.15, -0.1) is 0 Å². The minimum Gasteiger partial charge on any atom is -0.393 e. The Morgan fingerprint density at radius 3 is 2.53 bits per heavy atom. The molecule has 0 bridgehead atoms. The number of nitrogens with two attached hydrogens (primary N) is 1. The zero-order chi connectivity index (χ0) is 12.8. The number of rotatable bonds is 3. The molecule has 0 aromatic heterocycles. The molecule has 0 spiro atoms. The molecule has 0 heterocycles. The molecule has 0 aliphatic heterocycles. The second-order valence-electron chi connectivity index (χ2n) is 4.30. The lowest BCUT2D eigenvalue weighted by Crippen LogP contribution is -2.16. The molecule has 1 aliphatic rings. The van der Waals surface area contributed by atoms with Crippen LogP contribution in [0.5, 0.6) is 0 Å². The van der Waals surface area contributed by atoms with Crippen molar-refractivity contribution in [3.05, 3.63) is 35.6 Å². The number of hydrogen-bond donors (Lipinski definition) is 1. The van der Waals surface area contributed by atoms with Crippen molar-refractivity contribution in [1.82, 2.24) is 0 Å². The molecule has 1 saturated carbocycles. The van der Waals surface area contributed by atoms with E-state index in [1.165, 1.54) is 12.1 Å². The third-order valence-corrected chi connectivity index (χ3v) is 4.86. The molecule has 0 radical (unpaired) electrons. The second-order valence-corrected chi connectivity index (χ2v) is 6.98. The average Bonchev–Trinajstić information content (AvgIpc) is 2.91. The third-order valence-electron chi connectivity index (χ3n) is 3.01. The van der Waals surface area contributed by atoms with Gasteiger partial charge in [-0.2, -0.15) is 0 Å². The number of halogens is 1. The molecule has 0 amide bonds. The van der Waals surface area contributed by atoms with E-state index in [0.29, 0.717) is 5.56 Å². The third kappa shape index (κ3) is 2.32. The Kier molecular flexibility index (Phi) is 2.95. The van der Waals surface area contributed by atoms with Crippen LogP contribution in [0.15, 0.2) is 24.3 Å². The first-order valence-corrected chi connectivity index (χ1v) is 7.42. The van der Waals surface area contributed by atoms with Gasteiger partial charge in [0.2, 0.25) is 0 Å². The van der Waals surface area contributed by atoms with Gasteiger partial charge in [0.1, 0.15) is 5.82 Å². The normalized spacial score (nSPS) is 27.8. The van der Waals surface area contributed by atoms with E-state index in [1.807, 2.05) is 0 Å². The van der Waals surface area contributed by atoms with Gasteiger partial charge in [0.05, 0.1) is 10.2 Å². The Balaban J connectivity index is 2.37. The van der Waals surface area contributed by atoms with Gasteiger partial charge in [0.25, 0.3) is 0 Å². The summed E-state index contributed by atoms with van der Waals surface area (Å²) in [5.74, 6) is -1.07. The van der Waals surface area contributed by atoms with Crippen LogP contribution in [-0.2, 0) is 9.84 Å². The minimum absolute atomic E-state index is 0.176. The molecule has 3 nitrogen and oxygen atoms in total. The van der Waals surface area contributed by atoms with Crippen molar-refractivity contribution in [2.75, 3.05) is 6.26 Å². The smallest absolute Gasteiger partial charge is 0.151 e. The highest BCUT2D eigenvalue weighted by Crippen LogP contribution is 2.52. The van der Waals surface area contributed by atoms with Crippen molar-refractivity contribution in [2.24, 2.45) is 11.7 Å². The molecule has 2 rings (SSSR count). The summed E-state index contributed by atoms with van der Waals surface area (Å²) >= 11 is 4.86. The number of hydrogen-bond acceptors (Lipinski definition) is 3. The van der Waals surface area contributed by atoms with Crippen LogP contribution >= 0.6 is 12.2 Å². The molecule has 0 saturated heterocycles. The molecule has 1 aromatic carbocycles. The van der Waals surface area contributed by atoms with Crippen LogP contribution in [0, 0.1) is 11.7 Å². The van der Waals surface area contributed by atoms with E-state index in [4.69, 9.17) is 18.0 Å². The van der Waals surface area contributed by atoms with Gasteiger partial charge in [-0.3, -0.25) is 0 Å². The van der Waals surface area contributed by atoms with Crippen molar-refractivity contribution >= 4 is 27.0 Å². The van der Waals surface area contributed by atoms with E-state index < -0.39 is 15.1 Å². The van der Waals surface area contributed by atoms with Crippen molar-refractivity contribution in [2.45, 2.75) is 11.2 Å². The SMILES string of the molecule is CS(=O)(=O)C1C(C(N)=S)C1c1cccc(F)c1. The molecule has 3 unspecified atom stereocenters. The standard InChI is InChI=1S/C11H12FNO2S2/c1-17(14,15)10-8(9(10)11(13)16)6-3-2-4-7(12)5-6/h2-5,8-10H,1H3,(H2,13,16). The Hall–Kier alpha value is -1.01. The lowest BCUT2D eigenvalue weighted by atomic mass is 10.1. The molecule has 1 fully saturated rings. The van der Waals surface area contributed by atoms with Crippen LogP contribution in [0.25, 0.3) is 0 Å². The van der Waals surface area contributed by atoms with Crippen LogP contribution in [0.2, 0.25) is 0 Å². The van der Waals surface area contributed by atoms with Gasteiger partial charge in [-0.05, 0) is 17.7 Å². The predicted octanol–water partition coefficient (Wildman–Crippen LogP) is 1.24. The van der Waals surface area contributed by atoms with Gasteiger partial charge in [-0.25, -0.2) is 12.8 Å². The Labute approximate surface area is 105 Å². The monoisotopic (exact) mass is 273 g/mol. The molecule has 3 atom stereocenters. The summed E-state index contributed by atoms with van der Waals surface area (Å²) in [6.45, 7) is 0. The maximum absolute atomic E-state index is 13.1. The Morgan fingerprint density at radius 2 is 2.12 bits per heavy atom. The van der Waals surface area contributed by atoms with E-state index in [2.05, 4.69) is 0 Å². The van der Waals surface area contributed by atoms with Crippen LogP contribution in [-0.4, -0.2) is 24.9 Å². The molecule has 92 valence electrons. The first-order chi connectivity index (χ1) is 7.82. The Morgan fingerprint density at radius 1 is 1.47 bits per heavy atom. The quantitative estimate of drug-likeness (QED) is 0.842. The summed E-state index contributed by atoms with van der Waals surface area (Å²) in [7, 11) is -3.22. The molecular formula is C11H12FNO2S2. The van der Waals surface area contributed by atoms with Gasteiger partial charge in [0, 0.05) is 18.1 Å². The lowest BCUT2D eigenvalue weighted by molar-refractivity contribution is 0.599. The minimum atomic E-state index is -3.22. The van der Waals surface area contributed by atoms with Gasteiger partial charge < -0.3 is 5.73 Å². The maximum Gasteiger partial charge on any atom is 0.151 e. The number of thiocarbonyl (C=S) groups is 1. The van der Waals surface area contributed by atoms with E-state index in [0.717, 1.165) is 6.26 Å². The summed E-state index contributed by atoms with van der Waals surface area (Å²) in [5, 5.41) is -0.609. The Bertz CT molecular complexity index is 571. The van der Waals surface area contributed by atoms with Crippen LogP contribution < -0.4 is 5.73 Å². The molecule has 6 heteroatoms. The van der Waals surface area contributed by atoms with Crippen LogP contribution in [0.1, 0.15) is 11.5 Å². The fraction of sp³-hybridized carbons (Fsp3) is 0.364. The van der Waals surface area contributed by atoms with Crippen molar-refractivity contribution in [3.63, 3.8) is 0 Å². The number of sulfone groups is 1. The summed E-state index contributed by atoms with van der Waals surface area (Å²) in [5.41, 5.74) is 6.16. The largest absolute Gasteiger partial charge is 0.393 e. The summed E-state index contributed by atoms with van der Waals surface area (Å²) in [6.07, 6.45) is 1.15. The fourth-order valence-electron chi connectivity index (χ4n) is 2.27. The predicted molar refractivity (Wildman–Crippen MR) is 68.0 cm³/mol. The van der Waals surface area contributed by atoms with Gasteiger partial charge >= 0.3 is 0 Å². The zero-order valence-electron chi connectivity index (χ0n) is 9.13. The average molecular weight is 273 g/mol. The summed E-state index contributed by atoms with van der Waals surface area (Å²) < 4.78 is 36.2. The van der Waals surface area contributed by atoms with Crippen molar-refractivity contribution in [3.8, 4) is 0 Å². The van der Waals surface area contributed by atoms with Crippen LogP contribution in [0.4, 0.5) is 4.39 Å². The van der Waals surface area contributed by atoms with E-state index in [9.17, 15) is 12.8 Å². The van der Waals surface area contributed by atoms with Gasteiger partial charge in [-0.1, -0.05) is 24.4 Å². The summed E-state index contributed by atoms with van der Waals surface area (Å²) in [4.78, 5) is 0.176. The van der Waals surface area contributed by atoms with Crippen LogP contribution in [0.3, 0.4) is 0 Å². The highest BCUT2D eigenvalue weighted by Gasteiger charge is 2.58. The molecular weight excluding hydrogens is 261 g/mol.